The minimum Gasteiger partial charge on any atom is -0.469 e. The van der Waals surface area contributed by atoms with E-state index < -0.39 is 0 Å². The molecule has 0 saturated carbocycles. The van der Waals surface area contributed by atoms with Crippen LogP contribution in [0, 0.1) is 0 Å². The van der Waals surface area contributed by atoms with Crippen LogP contribution in [0.4, 0.5) is 0 Å². The van der Waals surface area contributed by atoms with E-state index in [0.717, 1.165) is 19.3 Å². The van der Waals surface area contributed by atoms with Crippen LogP contribution < -0.4 is 0 Å². The number of rotatable bonds is 9. The standard InChI is InChI=1S/C12H21BrO2/c1-15-12(14)10-8-6-4-2-3-5-7-9-11-13/h9,11H,2-8,10H2,1H3. The number of ether oxygens (including phenoxy) is 1. The molecule has 0 aliphatic rings. The second-order valence-corrected chi connectivity index (χ2v) is 4.13. The van der Waals surface area contributed by atoms with Gasteiger partial charge in [-0.15, -0.1) is 0 Å². The molecule has 15 heavy (non-hydrogen) atoms. The van der Waals surface area contributed by atoms with Gasteiger partial charge in [-0.25, -0.2) is 0 Å². The second kappa shape index (κ2) is 11.8. The Balaban J connectivity index is 3.02. The zero-order valence-electron chi connectivity index (χ0n) is 9.51. The lowest BCUT2D eigenvalue weighted by atomic mass is 10.1. The average molecular weight is 277 g/mol. The first kappa shape index (κ1) is 14.7. The molecule has 0 saturated heterocycles. The van der Waals surface area contributed by atoms with Crippen molar-refractivity contribution in [3.63, 3.8) is 0 Å². The number of carbonyl (C=O) groups is 1. The van der Waals surface area contributed by atoms with Crippen LogP contribution in [0.3, 0.4) is 0 Å². The van der Waals surface area contributed by atoms with E-state index in [1.807, 2.05) is 4.99 Å². The van der Waals surface area contributed by atoms with Crippen molar-refractivity contribution in [1.29, 1.82) is 0 Å². The van der Waals surface area contributed by atoms with Crippen molar-refractivity contribution in [2.24, 2.45) is 0 Å². The van der Waals surface area contributed by atoms with E-state index >= 15 is 0 Å². The molecule has 0 rings (SSSR count). The van der Waals surface area contributed by atoms with Crippen molar-refractivity contribution in [3.05, 3.63) is 11.1 Å². The van der Waals surface area contributed by atoms with Crippen LogP contribution in [-0.2, 0) is 9.53 Å². The summed E-state index contributed by atoms with van der Waals surface area (Å²) in [4.78, 5) is 12.7. The highest BCUT2D eigenvalue weighted by molar-refractivity contribution is 9.11. The Morgan fingerprint density at radius 2 is 1.73 bits per heavy atom. The third-order valence-corrected chi connectivity index (χ3v) is 2.69. The number of halogens is 1. The molecular formula is C12H21BrO2. The Kier molecular flexibility index (Phi) is 11.5. The van der Waals surface area contributed by atoms with E-state index in [9.17, 15) is 4.79 Å². The van der Waals surface area contributed by atoms with Crippen LogP contribution in [0.5, 0.6) is 0 Å². The summed E-state index contributed by atoms with van der Waals surface area (Å²) in [7, 11) is 1.44. The van der Waals surface area contributed by atoms with Crippen LogP contribution in [0.1, 0.15) is 51.4 Å². The molecule has 2 nitrogen and oxygen atoms in total. The van der Waals surface area contributed by atoms with Crippen molar-refractivity contribution < 1.29 is 9.53 Å². The Bertz CT molecular complexity index is 178. The summed E-state index contributed by atoms with van der Waals surface area (Å²) in [6, 6.07) is 0. The van der Waals surface area contributed by atoms with Crippen molar-refractivity contribution in [1.82, 2.24) is 0 Å². The first-order chi connectivity index (χ1) is 7.31. The van der Waals surface area contributed by atoms with Gasteiger partial charge in [-0.2, -0.15) is 0 Å². The van der Waals surface area contributed by atoms with Gasteiger partial charge in [-0.3, -0.25) is 4.79 Å². The maximum atomic E-state index is 10.8. The number of esters is 1. The number of unbranched alkanes of at least 4 members (excludes halogenated alkanes) is 6. The van der Waals surface area contributed by atoms with E-state index in [1.54, 1.807) is 0 Å². The first-order valence-electron chi connectivity index (χ1n) is 5.63. The third kappa shape index (κ3) is 11.6. The highest BCUT2D eigenvalue weighted by atomic mass is 79.9. The number of methoxy groups -OCH3 is 1. The third-order valence-electron chi connectivity index (χ3n) is 2.32. The zero-order chi connectivity index (χ0) is 11.4. The lowest BCUT2D eigenvalue weighted by Crippen LogP contribution is -1.99. The molecule has 88 valence electrons. The van der Waals surface area contributed by atoms with E-state index in [1.165, 1.54) is 32.8 Å². The van der Waals surface area contributed by atoms with Gasteiger partial charge < -0.3 is 4.74 Å². The molecule has 0 N–H and O–H groups in total. The molecule has 0 bridgehead atoms. The molecule has 0 aliphatic heterocycles. The highest BCUT2D eigenvalue weighted by Gasteiger charge is 1.98. The van der Waals surface area contributed by atoms with Gasteiger partial charge in [0, 0.05) is 6.42 Å². The number of allylic oxidation sites excluding steroid dienone is 1. The molecule has 0 aromatic heterocycles. The van der Waals surface area contributed by atoms with Gasteiger partial charge in [0.1, 0.15) is 0 Å². The van der Waals surface area contributed by atoms with E-state index in [2.05, 4.69) is 26.7 Å². The fraction of sp³-hybridized carbons (Fsp3) is 0.750. The van der Waals surface area contributed by atoms with Crippen LogP contribution in [0.2, 0.25) is 0 Å². The van der Waals surface area contributed by atoms with E-state index in [-0.39, 0.29) is 5.97 Å². The largest absolute Gasteiger partial charge is 0.469 e. The minimum atomic E-state index is -0.0857. The smallest absolute Gasteiger partial charge is 0.305 e. The molecule has 3 heteroatoms. The molecule has 0 heterocycles. The summed E-state index contributed by atoms with van der Waals surface area (Å²) in [5.74, 6) is -0.0857. The van der Waals surface area contributed by atoms with Gasteiger partial charge in [-0.05, 0) is 24.2 Å². The average Bonchev–Trinajstić information content (AvgIpc) is 2.26. The topological polar surface area (TPSA) is 26.3 Å². The SMILES string of the molecule is COC(=O)CCCCCCCCC=CBr. The predicted octanol–water partition coefficient (Wildman–Crippen LogP) is 4.19. The van der Waals surface area contributed by atoms with Gasteiger partial charge in [-0.1, -0.05) is 47.7 Å². The molecule has 0 atom stereocenters. The Morgan fingerprint density at radius 1 is 1.13 bits per heavy atom. The van der Waals surface area contributed by atoms with E-state index in [4.69, 9.17) is 0 Å². The summed E-state index contributed by atoms with van der Waals surface area (Å²) < 4.78 is 4.57. The minimum absolute atomic E-state index is 0.0857. The van der Waals surface area contributed by atoms with Gasteiger partial charge in [0.2, 0.25) is 0 Å². The van der Waals surface area contributed by atoms with Crippen molar-refractivity contribution in [2.45, 2.75) is 51.4 Å². The Morgan fingerprint density at radius 3 is 2.33 bits per heavy atom. The molecule has 0 spiro atoms. The van der Waals surface area contributed by atoms with Gasteiger partial charge >= 0.3 is 5.97 Å². The van der Waals surface area contributed by atoms with Crippen LogP contribution >= 0.6 is 15.9 Å². The Labute approximate surface area is 101 Å². The molecule has 0 aromatic carbocycles. The molecule has 0 aromatic rings. The summed E-state index contributed by atoms with van der Waals surface area (Å²) in [5, 5.41) is 0. The lowest BCUT2D eigenvalue weighted by Gasteiger charge is -2.00. The first-order valence-corrected chi connectivity index (χ1v) is 6.55. The number of carbonyl (C=O) groups excluding carboxylic acids is 1. The van der Waals surface area contributed by atoms with Crippen molar-refractivity contribution >= 4 is 21.9 Å². The summed E-state index contributed by atoms with van der Waals surface area (Å²) >= 11 is 3.25. The lowest BCUT2D eigenvalue weighted by molar-refractivity contribution is -0.140. The molecule has 0 unspecified atom stereocenters. The normalized spacial score (nSPS) is 10.8. The quantitative estimate of drug-likeness (QED) is 0.466. The highest BCUT2D eigenvalue weighted by Crippen LogP contribution is 2.09. The summed E-state index contributed by atoms with van der Waals surface area (Å²) in [6.07, 6.45) is 11.0. The van der Waals surface area contributed by atoms with Gasteiger partial charge in [0.05, 0.1) is 7.11 Å². The van der Waals surface area contributed by atoms with Gasteiger partial charge in [0.15, 0.2) is 0 Å². The summed E-state index contributed by atoms with van der Waals surface area (Å²) in [5.41, 5.74) is 0. The zero-order valence-corrected chi connectivity index (χ0v) is 11.1. The summed E-state index contributed by atoms with van der Waals surface area (Å²) in [6.45, 7) is 0. The fourth-order valence-corrected chi connectivity index (χ4v) is 1.67. The van der Waals surface area contributed by atoms with Crippen molar-refractivity contribution in [3.8, 4) is 0 Å². The van der Waals surface area contributed by atoms with Gasteiger partial charge in [0.25, 0.3) is 0 Å². The van der Waals surface area contributed by atoms with Crippen LogP contribution in [0.15, 0.2) is 11.1 Å². The fourth-order valence-electron chi connectivity index (χ4n) is 1.40. The molecule has 0 amide bonds. The Hall–Kier alpha value is -0.310. The molecular weight excluding hydrogens is 256 g/mol. The maximum Gasteiger partial charge on any atom is 0.305 e. The number of hydrogen-bond donors (Lipinski definition) is 0. The van der Waals surface area contributed by atoms with Crippen molar-refractivity contribution in [2.75, 3.05) is 7.11 Å². The molecule has 0 fully saturated rings. The monoisotopic (exact) mass is 276 g/mol. The number of hydrogen-bond acceptors (Lipinski definition) is 2. The second-order valence-electron chi connectivity index (χ2n) is 3.60. The maximum absolute atomic E-state index is 10.8. The van der Waals surface area contributed by atoms with Crippen LogP contribution in [0.25, 0.3) is 0 Å². The molecule has 0 aliphatic carbocycles. The molecule has 0 radical (unpaired) electrons. The predicted molar refractivity (Wildman–Crippen MR) is 67.0 cm³/mol. The van der Waals surface area contributed by atoms with E-state index in [0.29, 0.717) is 6.42 Å². The van der Waals surface area contributed by atoms with Crippen LogP contribution in [-0.4, -0.2) is 13.1 Å².